The fourth-order valence-electron chi connectivity index (χ4n) is 3.70. The Morgan fingerprint density at radius 1 is 1.15 bits per heavy atom. The van der Waals surface area contributed by atoms with Gasteiger partial charge < -0.3 is 9.30 Å². The molecule has 0 fully saturated rings. The number of aromatic nitrogens is 4. The molecule has 0 saturated carbocycles. The Labute approximate surface area is 204 Å². The molecule has 0 unspecified atom stereocenters. The molecule has 0 N–H and O–H groups in total. The number of halogens is 2. The van der Waals surface area contributed by atoms with E-state index in [9.17, 15) is 14.4 Å². The number of fused-ring (bicyclic) bond motifs is 1. The molecule has 0 spiro atoms. The monoisotopic (exact) mass is 500 g/mol. The molecule has 2 aromatic heterocycles. The highest BCUT2D eigenvalue weighted by atomic mass is 35.5. The zero-order chi connectivity index (χ0) is 24.6. The third-order valence-corrected chi connectivity index (χ3v) is 6.28. The number of hydrogen-bond donors (Lipinski definition) is 0. The van der Waals surface area contributed by atoms with Gasteiger partial charge >= 0.3 is 11.7 Å². The zero-order valence-electron chi connectivity index (χ0n) is 18.8. The molecule has 0 aliphatic heterocycles. The van der Waals surface area contributed by atoms with E-state index in [1.807, 2.05) is 24.5 Å². The minimum absolute atomic E-state index is 0.0795. The lowest BCUT2D eigenvalue weighted by Crippen LogP contribution is -2.42. The zero-order valence-corrected chi connectivity index (χ0v) is 20.3. The van der Waals surface area contributed by atoms with Gasteiger partial charge in [0.2, 0.25) is 0 Å². The maximum absolute atomic E-state index is 13.4. The average Bonchev–Trinajstić information content (AvgIpc) is 3.23. The van der Waals surface area contributed by atoms with Gasteiger partial charge in [-0.2, -0.15) is 0 Å². The van der Waals surface area contributed by atoms with Crippen molar-refractivity contribution >= 4 is 40.2 Å². The standard InChI is InChI=1S/C24H22Cl2N4O4/c1-4-34-23(32)17-12-28(16-8-9-20-19(10-16)27-13-30(20)14(2)3)24(33)29(22(17)31)11-15-6-5-7-18(25)21(15)26/h5-10,12-14H,4,11H2,1-3H3. The van der Waals surface area contributed by atoms with Crippen LogP contribution in [-0.4, -0.2) is 31.3 Å². The summed E-state index contributed by atoms with van der Waals surface area (Å²) < 4.78 is 9.25. The predicted molar refractivity (Wildman–Crippen MR) is 131 cm³/mol. The van der Waals surface area contributed by atoms with Gasteiger partial charge in [0, 0.05) is 12.2 Å². The number of imidazole rings is 1. The maximum Gasteiger partial charge on any atom is 0.345 e. The number of hydrogen-bond acceptors (Lipinski definition) is 5. The van der Waals surface area contributed by atoms with Crippen molar-refractivity contribution < 1.29 is 9.53 Å². The molecule has 0 aliphatic rings. The first-order chi connectivity index (χ1) is 16.2. The van der Waals surface area contributed by atoms with Crippen molar-refractivity contribution in [3.63, 3.8) is 0 Å². The molecule has 34 heavy (non-hydrogen) atoms. The van der Waals surface area contributed by atoms with E-state index >= 15 is 0 Å². The topological polar surface area (TPSA) is 88.1 Å². The van der Waals surface area contributed by atoms with E-state index in [1.165, 1.54) is 10.8 Å². The summed E-state index contributed by atoms with van der Waals surface area (Å²) in [5.74, 6) is -0.822. The summed E-state index contributed by atoms with van der Waals surface area (Å²) in [7, 11) is 0. The SMILES string of the molecule is CCOC(=O)c1cn(-c2ccc3c(c2)ncn3C(C)C)c(=O)n(Cc2cccc(Cl)c2Cl)c1=O. The van der Waals surface area contributed by atoms with Gasteiger partial charge in [-0.1, -0.05) is 35.3 Å². The quantitative estimate of drug-likeness (QED) is 0.364. The number of carbonyl (C=O) groups excluding carboxylic acids is 1. The number of carbonyl (C=O) groups is 1. The second kappa shape index (κ2) is 9.48. The Morgan fingerprint density at radius 2 is 1.91 bits per heavy atom. The van der Waals surface area contributed by atoms with E-state index in [0.29, 0.717) is 21.8 Å². The Balaban J connectivity index is 1.93. The molecule has 2 heterocycles. The van der Waals surface area contributed by atoms with Crippen LogP contribution in [0.3, 0.4) is 0 Å². The molecule has 0 amide bonds. The van der Waals surface area contributed by atoms with Crippen molar-refractivity contribution in [2.75, 3.05) is 6.61 Å². The highest BCUT2D eigenvalue weighted by Gasteiger charge is 2.21. The Kier molecular flexibility index (Phi) is 6.63. The Morgan fingerprint density at radius 3 is 2.62 bits per heavy atom. The molecule has 0 aliphatic carbocycles. The second-order valence-electron chi connectivity index (χ2n) is 7.94. The van der Waals surface area contributed by atoms with Crippen LogP contribution in [0.2, 0.25) is 10.0 Å². The number of benzene rings is 2. The van der Waals surface area contributed by atoms with Crippen LogP contribution in [0.15, 0.2) is 58.5 Å². The first-order valence-electron chi connectivity index (χ1n) is 10.7. The lowest BCUT2D eigenvalue weighted by molar-refractivity contribution is 0.0522. The molecule has 0 bridgehead atoms. The van der Waals surface area contributed by atoms with Crippen LogP contribution in [0.25, 0.3) is 16.7 Å². The molecule has 4 rings (SSSR count). The van der Waals surface area contributed by atoms with Gasteiger partial charge in [0.1, 0.15) is 5.56 Å². The summed E-state index contributed by atoms with van der Waals surface area (Å²) in [6.45, 7) is 5.63. The molecular formula is C24H22Cl2N4O4. The van der Waals surface area contributed by atoms with Crippen molar-refractivity contribution in [3.05, 3.63) is 90.9 Å². The molecule has 8 nitrogen and oxygen atoms in total. The lowest BCUT2D eigenvalue weighted by atomic mass is 10.2. The lowest BCUT2D eigenvalue weighted by Gasteiger charge is -2.14. The van der Waals surface area contributed by atoms with E-state index in [2.05, 4.69) is 4.98 Å². The molecule has 0 radical (unpaired) electrons. The third-order valence-electron chi connectivity index (χ3n) is 5.42. The molecule has 0 atom stereocenters. The summed E-state index contributed by atoms with van der Waals surface area (Å²) >= 11 is 12.4. The average molecular weight is 501 g/mol. The first-order valence-corrected chi connectivity index (χ1v) is 11.4. The van der Waals surface area contributed by atoms with Crippen molar-refractivity contribution in [2.24, 2.45) is 0 Å². The second-order valence-corrected chi connectivity index (χ2v) is 8.72. The highest BCUT2D eigenvalue weighted by Crippen LogP contribution is 2.26. The van der Waals surface area contributed by atoms with E-state index in [4.69, 9.17) is 27.9 Å². The molecule has 0 saturated heterocycles. The molecule has 10 heteroatoms. The van der Waals surface area contributed by atoms with Gasteiger partial charge in [-0.15, -0.1) is 0 Å². The minimum atomic E-state index is -0.822. The maximum atomic E-state index is 13.4. The fourth-order valence-corrected chi connectivity index (χ4v) is 4.08. The van der Waals surface area contributed by atoms with Gasteiger partial charge in [-0.25, -0.2) is 14.6 Å². The van der Waals surface area contributed by atoms with Crippen LogP contribution in [-0.2, 0) is 11.3 Å². The minimum Gasteiger partial charge on any atom is -0.462 e. The normalized spacial score (nSPS) is 11.4. The highest BCUT2D eigenvalue weighted by molar-refractivity contribution is 6.42. The molecule has 2 aromatic carbocycles. The Hall–Kier alpha value is -3.36. The van der Waals surface area contributed by atoms with E-state index < -0.39 is 17.2 Å². The van der Waals surface area contributed by atoms with E-state index in [0.717, 1.165) is 10.1 Å². The summed E-state index contributed by atoms with van der Waals surface area (Å²) in [5, 5.41) is 0.518. The summed E-state index contributed by atoms with van der Waals surface area (Å²) in [6.07, 6.45) is 2.94. The Bertz CT molecular complexity index is 1520. The number of esters is 1. The first kappa shape index (κ1) is 23.8. The van der Waals surface area contributed by atoms with Crippen LogP contribution in [0.1, 0.15) is 42.7 Å². The van der Waals surface area contributed by atoms with Gasteiger partial charge in [0.05, 0.1) is 46.2 Å². The van der Waals surface area contributed by atoms with Gasteiger partial charge in [0.25, 0.3) is 5.56 Å². The number of nitrogens with zero attached hydrogens (tertiary/aromatic N) is 4. The van der Waals surface area contributed by atoms with Crippen LogP contribution < -0.4 is 11.2 Å². The van der Waals surface area contributed by atoms with E-state index in [1.54, 1.807) is 43.6 Å². The van der Waals surface area contributed by atoms with Crippen LogP contribution in [0.4, 0.5) is 0 Å². The largest absolute Gasteiger partial charge is 0.462 e. The fraction of sp³-hybridized carbons (Fsp3) is 0.250. The van der Waals surface area contributed by atoms with Crippen LogP contribution in [0.5, 0.6) is 0 Å². The summed E-state index contributed by atoms with van der Waals surface area (Å²) in [6, 6.07) is 10.4. The van der Waals surface area contributed by atoms with Crippen LogP contribution >= 0.6 is 23.2 Å². The van der Waals surface area contributed by atoms with Crippen molar-refractivity contribution in [1.29, 1.82) is 0 Å². The predicted octanol–water partition coefficient (Wildman–Crippen LogP) is 4.46. The number of ether oxygens (including phenoxy) is 1. The molecular weight excluding hydrogens is 479 g/mol. The van der Waals surface area contributed by atoms with Crippen LogP contribution in [0, 0.1) is 0 Å². The van der Waals surface area contributed by atoms with Crippen molar-refractivity contribution in [1.82, 2.24) is 18.7 Å². The molecule has 4 aromatic rings. The van der Waals surface area contributed by atoms with E-state index in [-0.39, 0.29) is 29.8 Å². The van der Waals surface area contributed by atoms with Gasteiger partial charge in [0.15, 0.2) is 0 Å². The summed E-state index contributed by atoms with van der Waals surface area (Å²) in [4.78, 5) is 43.6. The third kappa shape index (κ3) is 4.26. The molecule has 176 valence electrons. The van der Waals surface area contributed by atoms with Crippen molar-refractivity contribution in [3.8, 4) is 5.69 Å². The van der Waals surface area contributed by atoms with Gasteiger partial charge in [-0.05, 0) is 50.6 Å². The number of rotatable bonds is 6. The summed E-state index contributed by atoms with van der Waals surface area (Å²) in [5.41, 5.74) is 0.794. The van der Waals surface area contributed by atoms with Crippen molar-refractivity contribution in [2.45, 2.75) is 33.4 Å². The van der Waals surface area contributed by atoms with Gasteiger partial charge in [-0.3, -0.25) is 13.9 Å². The smallest absolute Gasteiger partial charge is 0.345 e.